The van der Waals surface area contributed by atoms with Crippen LogP contribution in [0.15, 0.2) is 24.3 Å². The second kappa shape index (κ2) is 8.90. The summed E-state index contributed by atoms with van der Waals surface area (Å²) < 4.78 is 5.20. The van der Waals surface area contributed by atoms with E-state index in [1.165, 1.54) is 19.3 Å². The Hall–Kier alpha value is -2.83. The molecule has 0 spiro atoms. The molecule has 1 aromatic heterocycles. The zero-order valence-corrected chi connectivity index (χ0v) is 18.2. The Kier molecular flexibility index (Phi) is 6.06. The van der Waals surface area contributed by atoms with Gasteiger partial charge >= 0.3 is 0 Å². The van der Waals surface area contributed by atoms with Gasteiger partial charge in [-0.3, -0.25) is 4.79 Å². The molecule has 3 heterocycles. The van der Waals surface area contributed by atoms with Crippen molar-refractivity contribution in [2.45, 2.75) is 38.6 Å². The van der Waals surface area contributed by atoms with Crippen LogP contribution in [0.1, 0.15) is 36.1 Å². The Labute approximate surface area is 178 Å². The number of carbonyl (C=O) groups is 1. The number of anilines is 2. The van der Waals surface area contributed by atoms with Crippen LogP contribution in [0.4, 0.5) is 11.8 Å². The van der Waals surface area contributed by atoms with Gasteiger partial charge in [-0.1, -0.05) is 12.1 Å². The predicted molar refractivity (Wildman–Crippen MR) is 118 cm³/mol. The highest BCUT2D eigenvalue weighted by Crippen LogP contribution is 2.29. The van der Waals surface area contributed by atoms with Crippen LogP contribution in [0, 0.1) is 0 Å². The molecule has 0 aliphatic carbocycles. The van der Waals surface area contributed by atoms with E-state index in [-0.39, 0.29) is 5.91 Å². The molecule has 7 nitrogen and oxygen atoms in total. The van der Waals surface area contributed by atoms with Gasteiger partial charge in [-0.25, -0.2) is 4.98 Å². The smallest absolute Gasteiger partial charge is 0.227 e. The number of benzene rings is 1. The number of methoxy groups -OCH3 is 1. The number of rotatable bonds is 5. The molecule has 0 bridgehead atoms. The molecule has 7 heteroatoms. The molecule has 1 saturated heterocycles. The second-order valence-electron chi connectivity index (χ2n) is 8.30. The average Bonchev–Trinajstić information content (AvgIpc) is 2.79. The maximum atomic E-state index is 13.0. The molecule has 0 unspecified atom stereocenters. The number of amides is 1. The molecule has 2 aliphatic heterocycles. The van der Waals surface area contributed by atoms with Gasteiger partial charge in [0.2, 0.25) is 11.9 Å². The highest BCUT2D eigenvalue weighted by Gasteiger charge is 2.27. The zero-order chi connectivity index (χ0) is 21.1. The molecule has 4 rings (SSSR count). The third-order valence-electron chi connectivity index (χ3n) is 5.96. The van der Waals surface area contributed by atoms with Crippen molar-refractivity contribution in [3.05, 3.63) is 41.1 Å². The Bertz CT molecular complexity index is 891. The molecular formula is C23H31N5O2. The lowest BCUT2D eigenvalue weighted by atomic mass is 10.0. The maximum Gasteiger partial charge on any atom is 0.227 e. The number of nitrogens with zero attached hydrogens (tertiary/aromatic N) is 5. The fourth-order valence-electron chi connectivity index (χ4n) is 4.23. The standard InChI is InChI=1S/C23H31N5O2/c1-26(2)22-19-16-28(21(29)15-17-7-9-18(30-3)10-8-17)14-11-20(19)24-23(25-22)27-12-5-4-6-13-27/h7-10H,4-6,11-16H2,1-3H3. The normalized spacial score (nSPS) is 16.2. The van der Waals surface area contributed by atoms with E-state index >= 15 is 0 Å². The highest BCUT2D eigenvalue weighted by atomic mass is 16.5. The van der Waals surface area contributed by atoms with Crippen molar-refractivity contribution in [2.24, 2.45) is 0 Å². The summed E-state index contributed by atoms with van der Waals surface area (Å²) in [5.74, 6) is 2.71. The van der Waals surface area contributed by atoms with Crippen molar-refractivity contribution in [3.63, 3.8) is 0 Å². The summed E-state index contributed by atoms with van der Waals surface area (Å²) in [4.78, 5) is 29.1. The molecule has 0 N–H and O–H groups in total. The lowest BCUT2D eigenvalue weighted by Crippen LogP contribution is -2.39. The molecule has 30 heavy (non-hydrogen) atoms. The number of piperidine rings is 1. The monoisotopic (exact) mass is 409 g/mol. The molecule has 0 atom stereocenters. The van der Waals surface area contributed by atoms with Crippen LogP contribution < -0.4 is 14.5 Å². The lowest BCUT2D eigenvalue weighted by molar-refractivity contribution is -0.131. The quantitative estimate of drug-likeness (QED) is 0.757. The van der Waals surface area contributed by atoms with Gasteiger partial charge in [-0.15, -0.1) is 0 Å². The van der Waals surface area contributed by atoms with Gasteiger partial charge in [-0.05, 0) is 37.0 Å². The van der Waals surface area contributed by atoms with E-state index in [0.29, 0.717) is 19.5 Å². The topological polar surface area (TPSA) is 61.8 Å². The Balaban J connectivity index is 1.52. The number of hydrogen-bond donors (Lipinski definition) is 0. The van der Waals surface area contributed by atoms with Crippen LogP contribution in [0.25, 0.3) is 0 Å². The Morgan fingerprint density at radius 3 is 2.47 bits per heavy atom. The summed E-state index contributed by atoms with van der Waals surface area (Å²) in [7, 11) is 5.67. The van der Waals surface area contributed by atoms with Gasteiger partial charge in [0.1, 0.15) is 11.6 Å². The molecular weight excluding hydrogens is 378 g/mol. The minimum absolute atomic E-state index is 0.135. The van der Waals surface area contributed by atoms with Gasteiger partial charge < -0.3 is 19.4 Å². The summed E-state index contributed by atoms with van der Waals surface area (Å²) in [6, 6.07) is 7.70. The van der Waals surface area contributed by atoms with Crippen LogP contribution in [0.2, 0.25) is 0 Å². The summed E-state index contributed by atoms with van der Waals surface area (Å²) in [6.07, 6.45) is 4.85. The first-order valence-corrected chi connectivity index (χ1v) is 10.8. The zero-order valence-electron chi connectivity index (χ0n) is 18.2. The largest absolute Gasteiger partial charge is 0.497 e. The Morgan fingerprint density at radius 1 is 1.07 bits per heavy atom. The van der Waals surface area contributed by atoms with Crippen LogP contribution >= 0.6 is 0 Å². The van der Waals surface area contributed by atoms with Crippen molar-refractivity contribution in [1.82, 2.24) is 14.9 Å². The molecule has 2 aliphatic rings. The van der Waals surface area contributed by atoms with E-state index in [4.69, 9.17) is 14.7 Å². The average molecular weight is 410 g/mol. The fraction of sp³-hybridized carbons (Fsp3) is 0.522. The molecule has 160 valence electrons. The van der Waals surface area contributed by atoms with Gasteiger partial charge in [0.15, 0.2) is 0 Å². The molecule has 0 radical (unpaired) electrons. The van der Waals surface area contributed by atoms with E-state index < -0.39 is 0 Å². The van der Waals surface area contributed by atoms with E-state index in [1.807, 2.05) is 48.2 Å². The van der Waals surface area contributed by atoms with E-state index in [9.17, 15) is 4.79 Å². The van der Waals surface area contributed by atoms with Gasteiger partial charge in [-0.2, -0.15) is 4.98 Å². The molecule has 0 saturated carbocycles. The summed E-state index contributed by atoms with van der Waals surface area (Å²) in [5, 5.41) is 0. The first kappa shape index (κ1) is 20.4. The highest BCUT2D eigenvalue weighted by molar-refractivity contribution is 5.79. The van der Waals surface area contributed by atoms with Gasteiger partial charge in [0.05, 0.1) is 25.8 Å². The van der Waals surface area contributed by atoms with E-state index in [2.05, 4.69) is 4.90 Å². The van der Waals surface area contributed by atoms with E-state index in [0.717, 1.165) is 53.8 Å². The summed E-state index contributed by atoms with van der Waals surface area (Å²) >= 11 is 0. The molecule has 1 fully saturated rings. The van der Waals surface area contributed by atoms with Crippen molar-refractivity contribution in [1.29, 1.82) is 0 Å². The van der Waals surface area contributed by atoms with E-state index in [1.54, 1.807) is 7.11 Å². The summed E-state index contributed by atoms with van der Waals surface area (Å²) in [6.45, 7) is 3.32. The van der Waals surface area contributed by atoms with Crippen LogP contribution in [0.5, 0.6) is 5.75 Å². The van der Waals surface area contributed by atoms with Crippen molar-refractivity contribution < 1.29 is 9.53 Å². The second-order valence-corrected chi connectivity index (χ2v) is 8.30. The number of fused-ring (bicyclic) bond motifs is 1. The van der Waals surface area contributed by atoms with Gasteiger partial charge in [0.25, 0.3) is 0 Å². The SMILES string of the molecule is COc1ccc(CC(=O)N2CCc3nc(N4CCCCC4)nc(N(C)C)c3C2)cc1. The number of ether oxygens (including phenoxy) is 1. The fourth-order valence-corrected chi connectivity index (χ4v) is 4.23. The van der Waals surface area contributed by atoms with Crippen LogP contribution in [-0.2, 0) is 24.2 Å². The molecule has 1 amide bonds. The number of carbonyl (C=O) groups excluding carboxylic acids is 1. The molecule has 2 aromatic rings. The summed E-state index contributed by atoms with van der Waals surface area (Å²) in [5.41, 5.74) is 3.16. The van der Waals surface area contributed by atoms with Crippen LogP contribution in [0.3, 0.4) is 0 Å². The lowest BCUT2D eigenvalue weighted by Gasteiger charge is -2.33. The molecule has 1 aromatic carbocycles. The van der Waals surface area contributed by atoms with Crippen molar-refractivity contribution >= 4 is 17.7 Å². The Morgan fingerprint density at radius 2 is 1.80 bits per heavy atom. The van der Waals surface area contributed by atoms with Crippen molar-refractivity contribution in [2.75, 3.05) is 50.6 Å². The predicted octanol–water partition coefficient (Wildman–Crippen LogP) is 2.67. The third kappa shape index (κ3) is 4.35. The van der Waals surface area contributed by atoms with Crippen LogP contribution in [-0.4, -0.2) is 61.6 Å². The minimum atomic E-state index is 0.135. The van der Waals surface area contributed by atoms with Crippen molar-refractivity contribution in [3.8, 4) is 5.75 Å². The number of aromatic nitrogens is 2. The third-order valence-corrected chi connectivity index (χ3v) is 5.96. The number of hydrogen-bond acceptors (Lipinski definition) is 6. The first-order valence-electron chi connectivity index (χ1n) is 10.8. The first-order chi connectivity index (χ1) is 14.5. The maximum absolute atomic E-state index is 13.0. The van der Waals surface area contributed by atoms with Gasteiger partial charge in [0, 0.05) is 45.7 Å². The minimum Gasteiger partial charge on any atom is -0.497 e.